The van der Waals surface area contributed by atoms with Gasteiger partial charge in [-0.3, -0.25) is 0 Å². The lowest BCUT2D eigenvalue weighted by atomic mass is 9.44. The van der Waals surface area contributed by atoms with Crippen LogP contribution in [0.3, 0.4) is 0 Å². The van der Waals surface area contributed by atoms with Gasteiger partial charge < -0.3 is 10.2 Å². The van der Waals surface area contributed by atoms with E-state index >= 15 is 0 Å². The van der Waals surface area contributed by atoms with Crippen molar-refractivity contribution in [2.24, 2.45) is 51.8 Å². The largest absolute Gasteiger partial charge is 0.396 e. The van der Waals surface area contributed by atoms with Crippen molar-refractivity contribution in [3.63, 3.8) is 0 Å². The molecule has 4 aliphatic carbocycles. The number of aliphatic hydroxyl groups is 2. The summed E-state index contributed by atoms with van der Waals surface area (Å²) in [5.74, 6) is 4.73. The minimum atomic E-state index is -0.0323. The zero-order valence-corrected chi connectivity index (χ0v) is 25.2. The Morgan fingerprint density at radius 3 is 1.94 bits per heavy atom. The second-order valence-electron chi connectivity index (χ2n) is 12.7. The van der Waals surface area contributed by atoms with Gasteiger partial charge >= 0.3 is 0 Å². The molecule has 2 nitrogen and oxygen atoms in total. The Bertz CT molecular complexity index is 571. The molecule has 2 N–H and O–H groups in total. The standard InChI is InChI=1S/C26H46O2.3C2H6/c1-17(16-27)24(2,3)15-19-7-9-22-21-8-6-18-14-20(28)10-12-25(18,4)23(21)11-13-26(19,22)5;3*1-2/h17-23,27-28H,6-16H2,1-5H3;3*1-2H3/t17?,18?,19-,20-,21?,22?,23?,25?,26?;;;/m1.../s1. The van der Waals surface area contributed by atoms with Crippen molar-refractivity contribution >= 4 is 0 Å². The van der Waals surface area contributed by atoms with E-state index in [0.29, 0.717) is 23.4 Å². The Hall–Kier alpha value is -0.0800. The first-order chi connectivity index (χ1) is 16.1. The average molecular weight is 481 g/mol. The lowest BCUT2D eigenvalue weighted by Gasteiger charge is -2.61. The highest BCUT2D eigenvalue weighted by Crippen LogP contribution is 2.68. The number of fused-ring (bicyclic) bond motifs is 5. The molecular weight excluding hydrogens is 416 g/mol. The van der Waals surface area contributed by atoms with Gasteiger partial charge in [0, 0.05) is 6.61 Å². The molecule has 0 aromatic heterocycles. The van der Waals surface area contributed by atoms with Crippen LogP contribution in [-0.2, 0) is 0 Å². The van der Waals surface area contributed by atoms with Crippen LogP contribution < -0.4 is 0 Å². The minimum Gasteiger partial charge on any atom is -0.396 e. The van der Waals surface area contributed by atoms with Crippen molar-refractivity contribution in [1.29, 1.82) is 0 Å². The van der Waals surface area contributed by atoms with Gasteiger partial charge in [0.25, 0.3) is 0 Å². The van der Waals surface area contributed by atoms with Crippen molar-refractivity contribution in [2.45, 2.75) is 146 Å². The predicted molar refractivity (Wildman–Crippen MR) is 150 cm³/mol. The SMILES string of the molecule is CC.CC.CC.CC(CO)C(C)(C)C[C@H]1CCC2C3CCC4C[C@H](O)CCC4(C)C3CCC21C. The topological polar surface area (TPSA) is 40.5 Å². The zero-order chi connectivity index (χ0) is 26.3. The summed E-state index contributed by atoms with van der Waals surface area (Å²) >= 11 is 0. The molecular formula is C32H64O2. The fourth-order valence-electron chi connectivity index (χ4n) is 8.76. The van der Waals surface area contributed by atoms with Crippen LogP contribution in [0.1, 0.15) is 140 Å². The van der Waals surface area contributed by atoms with Crippen LogP contribution in [0.25, 0.3) is 0 Å². The summed E-state index contributed by atoms with van der Waals surface area (Å²) < 4.78 is 0. The van der Waals surface area contributed by atoms with Gasteiger partial charge in [0.05, 0.1) is 6.10 Å². The van der Waals surface area contributed by atoms with E-state index in [4.69, 9.17) is 0 Å². The molecule has 0 bridgehead atoms. The molecule has 0 heterocycles. The second kappa shape index (κ2) is 13.5. The van der Waals surface area contributed by atoms with Crippen molar-refractivity contribution in [3.8, 4) is 0 Å². The quantitative estimate of drug-likeness (QED) is 0.421. The maximum atomic E-state index is 10.2. The molecule has 0 aromatic rings. The summed E-state index contributed by atoms with van der Waals surface area (Å²) in [4.78, 5) is 0. The first kappa shape index (κ1) is 31.9. The van der Waals surface area contributed by atoms with E-state index in [-0.39, 0.29) is 11.5 Å². The number of hydrogen-bond acceptors (Lipinski definition) is 2. The van der Waals surface area contributed by atoms with Gasteiger partial charge in [0.1, 0.15) is 0 Å². The van der Waals surface area contributed by atoms with Crippen LogP contribution in [0.2, 0.25) is 0 Å². The average Bonchev–Trinajstić information content (AvgIpc) is 3.18. The molecule has 204 valence electrons. The van der Waals surface area contributed by atoms with Gasteiger partial charge in [-0.1, -0.05) is 76.2 Å². The highest BCUT2D eigenvalue weighted by Gasteiger charge is 2.60. The minimum absolute atomic E-state index is 0.0323. The molecule has 4 fully saturated rings. The van der Waals surface area contributed by atoms with E-state index in [0.717, 1.165) is 42.4 Å². The molecule has 9 atom stereocenters. The fourth-order valence-corrected chi connectivity index (χ4v) is 8.76. The van der Waals surface area contributed by atoms with Crippen LogP contribution in [0, 0.1) is 51.8 Å². The van der Waals surface area contributed by atoms with E-state index in [2.05, 4.69) is 34.6 Å². The van der Waals surface area contributed by atoms with Gasteiger partial charge in [-0.05, 0) is 116 Å². The van der Waals surface area contributed by atoms with Crippen molar-refractivity contribution in [1.82, 2.24) is 0 Å². The van der Waals surface area contributed by atoms with Gasteiger partial charge in [0.2, 0.25) is 0 Å². The summed E-state index contributed by atoms with van der Waals surface area (Å²) in [6.07, 6.45) is 13.1. The normalized spacial score (nSPS) is 41.6. The molecule has 4 rings (SSSR count). The van der Waals surface area contributed by atoms with Crippen LogP contribution in [0.15, 0.2) is 0 Å². The van der Waals surface area contributed by atoms with Gasteiger partial charge in [0.15, 0.2) is 0 Å². The zero-order valence-electron chi connectivity index (χ0n) is 25.2. The molecule has 0 radical (unpaired) electrons. The van der Waals surface area contributed by atoms with Crippen LogP contribution in [0.4, 0.5) is 0 Å². The summed E-state index contributed by atoms with van der Waals surface area (Å²) in [5.41, 5.74) is 1.24. The second-order valence-corrected chi connectivity index (χ2v) is 12.7. The highest BCUT2D eigenvalue weighted by atomic mass is 16.3. The molecule has 0 aliphatic heterocycles. The van der Waals surface area contributed by atoms with Gasteiger partial charge in [-0.15, -0.1) is 0 Å². The molecule has 4 aliphatic rings. The molecule has 0 spiro atoms. The van der Waals surface area contributed by atoms with Crippen LogP contribution in [-0.4, -0.2) is 22.9 Å². The number of rotatable bonds is 4. The van der Waals surface area contributed by atoms with Crippen LogP contribution in [0.5, 0.6) is 0 Å². The summed E-state index contributed by atoms with van der Waals surface area (Å²) in [7, 11) is 0. The lowest BCUT2D eigenvalue weighted by Crippen LogP contribution is -2.54. The maximum Gasteiger partial charge on any atom is 0.0543 e. The molecule has 7 unspecified atom stereocenters. The first-order valence-corrected chi connectivity index (χ1v) is 15.4. The number of hydrogen-bond donors (Lipinski definition) is 2. The van der Waals surface area contributed by atoms with Crippen molar-refractivity contribution < 1.29 is 10.2 Å². The Morgan fingerprint density at radius 1 is 0.794 bits per heavy atom. The smallest absolute Gasteiger partial charge is 0.0543 e. The summed E-state index contributed by atoms with van der Waals surface area (Å²) in [6, 6.07) is 0. The maximum absolute atomic E-state index is 10.2. The molecule has 0 amide bonds. The fraction of sp³-hybridized carbons (Fsp3) is 1.00. The highest BCUT2D eigenvalue weighted by molar-refractivity contribution is 5.09. The third-order valence-corrected chi connectivity index (χ3v) is 11.2. The Labute approximate surface area is 215 Å². The van der Waals surface area contributed by atoms with E-state index in [1.165, 1.54) is 51.4 Å². The summed E-state index contributed by atoms with van der Waals surface area (Å²) in [5, 5.41) is 20.0. The lowest BCUT2D eigenvalue weighted by molar-refractivity contribution is -0.128. The first-order valence-electron chi connectivity index (χ1n) is 15.4. The Balaban J connectivity index is 0.000000894. The Morgan fingerprint density at radius 2 is 1.35 bits per heavy atom. The third kappa shape index (κ3) is 6.07. The number of aliphatic hydroxyl groups excluding tert-OH is 2. The molecule has 0 saturated heterocycles. The summed E-state index contributed by atoms with van der Waals surface area (Å²) in [6.45, 7) is 24.6. The Kier molecular flexibility index (Phi) is 12.6. The van der Waals surface area contributed by atoms with E-state index in [9.17, 15) is 10.2 Å². The predicted octanol–water partition coefficient (Wildman–Crippen LogP) is 9.13. The van der Waals surface area contributed by atoms with Crippen molar-refractivity contribution in [3.05, 3.63) is 0 Å². The molecule has 34 heavy (non-hydrogen) atoms. The van der Waals surface area contributed by atoms with Crippen molar-refractivity contribution in [2.75, 3.05) is 6.61 Å². The third-order valence-electron chi connectivity index (χ3n) is 11.2. The van der Waals surface area contributed by atoms with Gasteiger partial charge in [-0.25, -0.2) is 0 Å². The van der Waals surface area contributed by atoms with Gasteiger partial charge in [-0.2, -0.15) is 0 Å². The van der Waals surface area contributed by atoms with E-state index in [1.54, 1.807) is 0 Å². The molecule has 0 aromatic carbocycles. The van der Waals surface area contributed by atoms with E-state index < -0.39 is 0 Å². The molecule has 2 heteroatoms. The van der Waals surface area contributed by atoms with E-state index in [1.807, 2.05) is 41.5 Å². The van der Waals surface area contributed by atoms with Crippen LogP contribution >= 0.6 is 0 Å². The molecule has 4 saturated carbocycles. The monoisotopic (exact) mass is 480 g/mol.